The van der Waals surface area contributed by atoms with Crippen molar-refractivity contribution in [3.05, 3.63) is 30.1 Å². The molecule has 0 bridgehead atoms. The molecule has 0 fully saturated rings. The van der Waals surface area contributed by atoms with E-state index in [2.05, 4.69) is 9.82 Å². The Morgan fingerprint density at radius 1 is 1.24 bits per heavy atom. The van der Waals surface area contributed by atoms with Gasteiger partial charge in [0.25, 0.3) is 10.0 Å². The molecule has 0 saturated heterocycles. The Morgan fingerprint density at radius 3 is 2.48 bits per heavy atom. The minimum Gasteiger partial charge on any atom is -0.497 e. The summed E-state index contributed by atoms with van der Waals surface area (Å²) in [7, 11) is 0.853. The van der Waals surface area contributed by atoms with E-state index in [9.17, 15) is 8.42 Å². The van der Waals surface area contributed by atoms with Crippen LogP contribution in [0.3, 0.4) is 0 Å². The van der Waals surface area contributed by atoms with Gasteiger partial charge in [-0.1, -0.05) is 0 Å². The van der Waals surface area contributed by atoms with Crippen LogP contribution in [0, 0.1) is 6.92 Å². The third-order valence-corrected chi connectivity index (χ3v) is 4.32. The molecule has 2 rings (SSSR count). The Balaban J connectivity index is 2.42. The van der Waals surface area contributed by atoms with Gasteiger partial charge in [-0.05, 0) is 19.1 Å². The van der Waals surface area contributed by atoms with Gasteiger partial charge in [0.15, 0.2) is 0 Å². The molecule has 0 atom stereocenters. The second kappa shape index (κ2) is 5.65. The lowest BCUT2D eigenvalue weighted by molar-refractivity contribution is 0.386. The highest BCUT2D eigenvalue weighted by atomic mass is 32.2. The van der Waals surface area contributed by atoms with Crippen molar-refractivity contribution in [3.8, 4) is 11.5 Å². The van der Waals surface area contributed by atoms with E-state index < -0.39 is 10.0 Å². The lowest BCUT2D eigenvalue weighted by Gasteiger charge is -2.12. The lowest BCUT2D eigenvalue weighted by atomic mass is 10.3. The molecule has 0 amide bonds. The van der Waals surface area contributed by atoms with Crippen LogP contribution in [0.2, 0.25) is 0 Å². The summed E-state index contributed by atoms with van der Waals surface area (Å²) in [6.07, 6.45) is 1.60. The smallest absolute Gasteiger partial charge is 0.265 e. The molecule has 0 radical (unpaired) electrons. The van der Waals surface area contributed by atoms with Gasteiger partial charge in [-0.15, -0.1) is 0 Å². The molecule has 0 saturated carbocycles. The summed E-state index contributed by atoms with van der Waals surface area (Å²) in [5.41, 5.74) is 1.02. The van der Waals surface area contributed by atoms with Gasteiger partial charge in [-0.3, -0.25) is 9.40 Å². The SMILES string of the molecule is COc1ccc(S(=O)(=O)Nc2cn(C)nc2C)c(OC)c1. The molecule has 0 spiro atoms. The number of benzene rings is 1. The maximum atomic E-state index is 12.5. The number of aromatic nitrogens is 2. The standard InChI is InChI=1S/C13H17N3O4S/c1-9-11(8-16(2)14-9)15-21(17,18)13-6-5-10(19-3)7-12(13)20-4/h5-8,15H,1-4H3. The first-order chi connectivity index (χ1) is 9.87. The zero-order valence-electron chi connectivity index (χ0n) is 12.2. The summed E-state index contributed by atoms with van der Waals surface area (Å²) in [6, 6.07) is 4.52. The van der Waals surface area contributed by atoms with Crippen molar-refractivity contribution in [1.29, 1.82) is 0 Å². The van der Waals surface area contributed by atoms with E-state index in [1.165, 1.54) is 26.4 Å². The zero-order chi connectivity index (χ0) is 15.6. The third kappa shape index (κ3) is 3.10. The van der Waals surface area contributed by atoms with Crippen LogP contribution in [0.5, 0.6) is 11.5 Å². The summed E-state index contributed by atoms with van der Waals surface area (Å²) in [5.74, 6) is 0.728. The van der Waals surface area contributed by atoms with Gasteiger partial charge in [0.05, 0.1) is 25.6 Å². The first kappa shape index (κ1) is 15.2. The molecule has 0 unspecified atom stereocenters. The number of ether oxygens (including phenoxy) is 2. The fourth-order valence-corrected chi connectivity index (χ4v) is 3.15. The van der Waals surface area contributed by atoms with Crippen LogP contribution in [0.15, 0.2) is 29.3 Å². The third-order valence-electron chi connectivity index (χ3n) is 2.92. The number of nitrogens with one attached hydrogen (secondary N) is 1. The predicted molar refractivity (Wildman–Crippen MR) is 78.3 cm³/mol. The highest BCUT2D eigenvalue weighted by Crippen LogP contribution is 2.30. The fourth-order valence-electron chi connectivity index (χ4n) is 1.90. The van der Waals surface area contributed by atoms with Crippen LogP contribution in [0.25, 0.3) is 0 Å². The molecule has 8 heteroatoms. The van der Waals surface area contributed by atoms with Crippen molar-refractivity contribution in [3.63, 3.8) is 0 Å². The van der Waals surface area contributed by atoms with Crippen LogP contribution in [-0.4, -0.2) is 32.4 Å². The Bertz CT molecular complexity index is 753. The number of sulfonamides is 1. The van der Waals surface area contributed by atoms with E-state index in [0.29, 0.717) is 17.1 Å². The average Bonchev–Trinajstić information content (AvgIpc) is 2.75. The Kier molecular flexibility index (Phi) is 4.08. The Hall–Kier alpha value is -2.22. The lowest BCUT2D eigenvalue weighted by Crippen LogP contribution is -2.14. The summed E-state index contributed by atoms with van der Waals surface area (Å²) in [5, 5.41) is 4.10. The maximum absolute atomic E-state index is 12.5. The van der Waals surface area contributed by atoms with Crippen molar-refractivity contribution < 1.29 is 17.9 Å². The number of hydrogen-bond acceptors (Lipinski definition) is 5. The van der Waals surface area contributed by atoms with E-state index in [1.807, 2.05) is 0 Å². The second-order valence-corrected chi connectivity index (χ2v) is 6.07. The first-order valence-corrected chi connectivity index (χ1v) is 7.61. The minimum absolute atomic E-state index is 0.0362. The van der Waals surface area contributed by atoms with E-state index in [-0.39, 0.29) is 10.6 Å². The highest BCUT2D eigenvalue weighted by molar-refractivity contribution is 7.92. The van der Waals surface area contributed by atoms with Gasteiger partial charge in [-0.2, -0.15) is 5.10 Å². The molecule has 0 aliphatic carbocycles. The van der Waals surface area contributed by atoms with Gasteiger partial charge < -0.3 is 9.47 Å². The zero-order valence-corrected chi connectivity index (χ0v) is 13.1. The number of methoxy groups -OCH3 is 2. The van der Waals surface area contributed by atoms with Gasteiger partial charge in [-0.25, -0.2) is 8.42 Å². The Morgan fingerprint density at radius 2 is 1.95 bits per heavy atom. The minimum atomic E-state index is -3.77. The predicted octanol–water partition coefficient (Wildman–Crippen LogP) is 1.55. The number of rotatable bonds is 5. The summed E-state index contributed by atoms with van der Waals surface area (Å²) < 4.78 is 39.2. The maximum Gasteiger partial charge on any atom is 0.265 e. The molecule has 21 heavy (non-hydrogen) atoms. The Labute approximate surface area is 123 Å². The molecule has 114 valence electrons. The van der Waals surface area contributed by atoms with Crippen molar-refractivity contribution >= 4 is 15.7 Å². The van der Waals surface area contributed by atoms with Crippen molar-refractivity contribution in [2.45, 2.75) is 11.8 Å². The van der Waals surface area contributed by atoms with E-state index in [0.717, 1.165) is 0 Å². The van der Waals surface area contributed by atoms with Crippen molar-refractivity contribution in [2.75, 3.05) is 18.9 Å². The van der Waals surface area contributed by atoms with Crippen LogP contribution in [0.4, 0.5) is 5.69 Å². The molecule has 0 aliphatic heterocycles. The first-order valence-electron chi connectivity index (χ1n) is 6.12. The molecule has 7 nitrogen and oxygen atoms in total. The van der Waals surface area contributed by atoms with Crippen LogP contribution < -0.4 is 14.2 Å². The molecular formula is C13H17N3O4S. The van der Waals surface area contributed by atoms with Gasteiger partial charge >= 0.3 is 0 Å². The van der Waals surface area contributed by atoms with E-state index in [4.69, 9.17) is 9.47 Å². The second-order valence-electron chi connectivity index (χ2n) is 4.42. The number of hydrogen-bond donors (Lipinski definition) is 1. The van der Waals surface area contributed by atoms with Crippen LogP contribution >= 0.6 is 0 Å². The number of aryl methyl sites for hydroxylation is 2. The van der Waals surface area contributed by atoms with Gasteiger partial charge in [0, 0.05) is 19.3 Å². The molecule has 1 N–H and O–H groups in total. The van der Waals surface area contributed by atoms with Gasteiger partial charge in [0.1, 0.15) is 16.4 Å². The number of anilines is 1. The summed E-state index contributed by atoms with van der Waals surface area (Å²) in [6.45, 7) is 1.73. The molecule has 2 aromatic rings. The van der Waals surface area contributed by atoms with Crippen LogP contribution in [-0.2, 0) is 17.1 Å². The molecule has 1 aromatic heterocycles. The summed E-state index contributed by atoms with van der Waals surface area (Å²) in [4.78, 5) is 0.0362. The van der Waals surface area contributed by atoms with Crippen molar-refractivity contribution in [2.24, 2.45) is 7.05 Å². The summed E-state index contributed by atoms with van der Waals surface area (Å²) >= 11 is 0. The molecule has 1 aromatic carbocycles. The fraction of sp³-hybridized carbons (Fsp3) is 0.308. The largest absolute Gasteiger partial charge is 0.497 e. The monoisotopic (exact) mass is 311 g/mol. The molecular weight excluding hydrogens is 294 g/mol. The average molecular weight is 311 g/mol. The molecule has 0 aliphatic rings. The van der Waals surface area contributed by atoms with Crippen LogP contribution in [0.1, 0.15) is 5.69 Å². The molecule has 1 heterocycles. The van der Waals surface area contributed by atoms with E-state index in [1.54, 1.807) is 30.9 Å². The highest BCUT2D eigenvalue weighted by Gasteiger charge is 2.21. The van der Waals surface area contributed by atoms with E-state index >= 15 is 0 Å². The van der Waals surface area contributed by atoms with Gasteiger partial charge in [0.2, 0.25) is 0 Å². The normalized spacial score (nSPS) is 11.2. The number of nitrogens with zero attached hydrogens (tertiary/aromatic N) is 2. The quantitative estimate of drug-likeness (QED) is 0.906. The van der Waals surface area contributed by atoms with Crippen molar-refractivity contribution in [1.82, 2.24) is 9.78 Å². The topological polar surface area (TPSA) is 82.5 Å².